The molecule has 104 valence electrons. The summed E-state index contributed by atoms with van der Waals surface area (Å²) in [6.45, 7) is 6.78. The van der Waals surface area contributed by atoms with E-state index in [0.29, 0.717) is 6.54 Å². The highest BCUT2D eigenvalue weighted by Crippen LogP contribution is 2.32. The van der Waals surface area contributed by atoms with Gasteiger partial charge in [-0.2, -0.15) is 14.5 Å². The predicted octanol–water partition coefficient (Wildman–Crippen LogP) is 3.31. The van der Waals surface area contributed by atoms with Crippen LogP contribution >= 0.6 is 11.9 Å². The molecule has 1 aromatic rings. The van der Waals surface area contributed by atoms with Gasteiger partial charge in [-0.25, -0.2) is 4.39 Å². The molecule has 6 heteroatoms. The number of aliphatic imine (C=N–C) groups is 1. The number of benzene rings is 1. The minimum Gasteiger partial charge on any atom is -0.253 e. The number of hydrogen-bond donors (Lipinski definition) is 0. The third kappa shape index (κ3) is 2.35. The smallest absolute Gasteiger partial charge is 0.209 e. The molecule has 2 aliphatic rings. The second-order valence-corrected chi connectivity index (χ2v) is 6.45. The molecule has 0 aliphatic carbocycles. The molecule has 2 heterocycles. The Hall–Kier alpha value is -1.69. The van der Waals surface area contributed by atoms with Gasteiger partial charge in [0.2, 0.25) is 5.17 Å². The molecule has 0 spiro atoms. The minimum absolute atomic E-state index is 0.0982. The molecular weight excluding hydrogens is 275 g/mol. The van der Waals surface area contributed by atoms with E-state index < -0.39 is 0 Å². The van der Waals surface area contributed by atoms with Crippen LogP contribution in [0.4, 0.5) is 4.39 Å². The summed E-state index contributed by atoms with van der Waals surface area (Å²) in [6, 6.07) is 6.33. The zero-order valence-electron chi connectivity index (χ0n) is 11.6. The Morgan fingerprint density at radius 2 is 1.90 bits per heavy atom. The molecule has 4 nitrogen and oxygen atoms in total. The first-order valence-electron chi connectivity index (χ1n) is 6.38. The van der Waals surface area contributed by atoms with Crippen LogP contribution in [0.2, 0.25) is 0 Å². The van der Waals surface area contributed by atoms with Gasteiger partial charge in [-0.15, -0.1) is 0 Å². The summed E-state index contributed by atoms with van der Waals surface area (Å²) < 4.78 is 17.4. The summed E-state index contributed by atoms with van der Waals surface area (Å²) in [5.41, 5.74) is 1.62. The van der Waals surface area contributed by atoms with Crippen LogP contribution in [-0.2, 0) is 0 Å². The monoisotopic (exact) mass is 290 g/mol. The third-order valence-electron chi connectivity index (χ3n) is 3.03. The van der Waals surface area contributed by atoms with E-state index in [-0.39, 0.29) is 11.2 Å². The summed E-state index contributed by atoms with van der Waals surface area (Å²) in [6.07, 6.45) is 0. The zero-order valence-corrected chi connectivity index (χ0v) is 12.4. The van der Waals surface area contributed by atoms with Gasteiger partial charge in [0.15, 0.2) is 0 Å². The largest absolute Gasteiger partial charge is 0.253 e. The lowest BCUT2D eigenvalue weighted by atomic mass is 9.95. The quantitative estimate of drug-likeness (QED) is 0.744. The Morgan fingerprint density at radius 3 is 2.55 bits per heavy atom. The van der Waals surface area contributed by atoms with Crippen LogP contribution in [0.1, 0.15) is 26.3 Å². The third-order valence-corrected chi connectivity index (χ3v) is 3.76. The Kier molecular flexibility index (Phi) is 3.12. The molecule has 0 saturated heterocycles. The van der Waals surface area contributed by atoms with Crippen molar-refractivity contribution in [2.45, 2.75) is 20.8 Å². The van der Waals surface area contributed by atoms with E-state index in [1.54, 1.807) is 17.1 Å². The molecule has 0 aromatic heterocycles. The summed E-state index contributed by atoms with van der Waals surface area (Å²) in [5.74, 6) is 0.642. The van der Waals surface area contributed by atoms with Crippen LogP contribution in [0.25, 0.3) is 0 Å². The van der Waals surface area contributed by atoms with E-state index in [4.69, 9.17) is 0 Å². The van der Waals surface area contributed by atoms with E-state index in [1.165, 1.54) is 24.1 Å². The molecule has 0 amide bonds. The average Bonchev–Trinajstić information content (AvgIpc) is 2.82. The van der Waals surface area contributed by atoms with Gasteiger partial charge in [-0.3, -0.25) is 4.99 Å². The van der Waals surface area contributed by atoms with Gasteiger partial charge in [0.25, 0.3) is 0 Å². The molecular formula is C14H15FN4S. The predicted molar refractivity (Wildman–Crippen MR) is 81.6 cm³/mol. The second kappa shape index (κ2) is 4.70. The van der Waals surface area contributed by atoms with E-state index >= 15 is 0 Å². The molecule has 0 radical (unpaired) electrons. The Morgan fingerprint density at radius 1 is 1.20 bits per heavy atom. The number of halogens is 1. The number of nitrogens with zero attached hydrogens (tertiary/aromatic N) is 4. The Labute approximate surface area is 121 Å². The molecule has 2 aliphatic heterocycles. The van der Waals surface area contributed by atoms with Crippen LogP contribution in [0.15, 0.2) is 38.8 Å². The number of amidine groups is 2. The van der Waals surface area contributed by atoms with Crippen molar-refractivity contribution in [1.29, 1.82) is 0 Å². The lowest BCUT2D eigenvalue weighted by Gasteiger charge is -2.27. The highest BCUT2D eigenvalue weighted by molar-refractivity contribution is 8.13. The molecule has 0 saturated carbocycles. The van der Waals surface area contributed by atoms with Crippen LogP contribution < -0.4 is 0 Å². The maximum atomic E-state index is 13.0. The second-order valence-electron chi connectivity index (χ2n) is 5.72. The highest BCUT2D eigenvalue weighted by atomic mass is 32.2. The van der Waals surface area contributed by atoms with Crippen molar-refractivity contribution in [3.05, 3.63) is 35.6 Å². The van der Waals surface area contributed by atoms with Crippen LogP contribution in [0, 0.1) is 11.2 Å². The molecule has 20 heavy (non-hydrogen) atoms. The molecule has 0 N–H and O–H groups in total. The molecule has 0 fully saturated rings. The van der Waals surface area contributed by atoms with Gasteiger partial charge < -0.3 is 0 Å². The van der Waals surface area contributed by atoms with Gasteiger partial charge in [-0.1, -0.05) is 32.9 Å². The van der Waals surface area contributed by atoms with E-state index in [1.807, 2.05) is 0 Å². The Bertz CT molecular complexity index is 626. The SMILES string of the molecule is CC(C)(C)C1=NSC2=NCC(c3ccc(F)cc3)=NN21. The van der Waals surface area contributed by atoms with Gasteiger partial charge in [0, 0.05) is 5.41 Å². The van der Waals surface area contributed by atoms with Crippen molar-refractivity contribution < 1.29 is 4.39 Å². The van der Waals surface area contributed by atoms with Crippen LogP contribution in [-0.4, -0.2) is 28.3 Å². The van der Waals surface area contributed by atoms with Gasteiger partial charge in [-0.05, 0) is 17.7 Å². The van der Waals surface area contributed by atoms with Crippen molar-refractivity contribution in [3.8, 4) is 0 Å². The van der Waals surface area contributed by atoms with Gasteiger partial charge >= 0.3 is 0 Å². The molecule has 3 rings (SSSR count). The molecule has 0 bridgehead atoms. The lowest BCUT2D eigenvalue weighted by molar-refractivity contribution is 0.504. The standard InChI is InChI=1S/C14H15FN4S/c1-14(2,3)12-18-20-13-16-8-11(17-19(12)13)9-4-6-10(15)7-5-9/h4-7H,8H2,1-3H3. The van der Waals surface area contributed by atoms with E-state index in [9.17, 15) is 4.39 Å². The highest BCUT2D eigenvalue weighted by Gasteiger charge is 2.35. The van der Waals surface area contributed by atoms with Crippen LogP contribution in [0.5, 0.6) is 0 Å². The first-order valence-corrected chi connectivity index (χ1v) is 7.16. The number of fused-ring (bicyclic) bond motifs is 1. The number of hydrogen-bond acceptors (Lipinski definition) is 5. The number of rotatable bonds is 1. The van der Waals surface area contributed by atoms with Gasteiger partial charge in [0.05, 0.1) is 24.2 Å². The first-order chi connectivity index (χ1) is 9.45. The van der Waals surface area contributed by atoms with E-state index in [0.717, 1.165) is 22.3 Å². The summed E-state index contributed by atoms with van der Waals surface area (Å²) in [5, 5.41) is 7.24. The summed E-state index contributed by atoms with van der Waals surface area (Å²) in [7, 11) is 0. The van der Waals surface area contributed by atoms with Gasteiger partial charge in [0.1, 0.15) is 11.7 Å². The fourth-order valence-corrected chi connectivity index (χ4v) is 2.82. The van der Waals surface area contributed by atoms with Crippen molar-refractivity contribution in [2.75, 3.05) is 6.54 Å². The molecule has 1 aromatic carbocycles. The van der Waals surface area contributed by atoms with Crippen molar-refractivity contribution in [2.24, 2.45) is 19.9 Å². The molecule has 0 unspecified atom stereocenters. The summed E-state index contributed by atoms with van der Waals surface area (Å²) >= 11 is 1.36. The van der Waals surface area contributed by atoms with Crippen LogP contribution in [0.3, 0.4) is 0 Å². The maximum absolute atomic E-state index is 13.0. The molecule has 0 atom stereocenters. The van der Waals surface area contributed by atoms with Crippen molar-refractivity contribution in [1.82, 2.24) is 5.01 Å². The van der Waals surface area contributed by atoms with Crippen molar-refractivity contribution >= 4 is 28.7 Å². The fourth-order valence-electron chi connectivity index (χ4n) is 1.98. The fraction of sp³-hybridized carbons (Fsp3) is 0.357. The first kappa shape index (κ1) is 13.3. The summed E-state index contributed by atoms with van der Waals surface area (Å²) in [4.78, 5) is 4.50. The normalized spacial score (nSPS) is 18.4. The maximum Gasteiger partial charge on any atom is 0.209 e. The van der Waals surface area contributed by atoms with E-state index in [2.05, 4.69) is 35.3 Å². The number of hydrazone groups is 1. The minimum atomic E-state index is -0.247. The van der Waals surface area contributed by atoms with Crippen molar-refractivity contribution in [3.63, 3.8) is 0 Å². The Balaban J connectivity index is 1.93. The lowest BCUT2D eigenvalue weighted by Crippen LogP contribution is -2.38. The topological polar surface area (TPSA) is 40.3 Å². The average molecular weight is 290 g/mol. The zero-order chi connectivity index (χ0) is 14.3.